The summed E-state index contributed by atoms with van der Waals surface area (Å²) in [5.41, 5.74) is 0.811. The minimum Gasteiger partial charge on any atom is -0.466 e. The summed E-state index contributed by atoms with van der Waals surface area (Å²) in [6.45, 7) is 4.02. The monoisotopic (exact) mass is 452 g/mol. The number of rotatable bonds is 3. The number of carbonyl (C=O) groups is 1. The molecule has 31 heavy (non-hydrogen) atoms. The van der Waals surface area contributed by atoms with Crippen molar-refractivity contribution < 1.29 is 22.7 Å². The number of sulfonamides is 1. The van der Waals surface area contributed by atoms with Crippen LogP contribution in [0.25, 0.3) is 0 Å². The molecule has 1 saturated heterocycles. The summed E-state index contributed by atoms with van der Waals surface area (Å²) in [5.74, 6) is 0.475. The first kappa shape index (κ1) is 22.4. The van der Waals surface area contributed by atoms with Gasteiger partial charge in [-0.15, -0.1) is 0 Å². The molecule has 0 radical (unpaired) electrons. The van der Waals surface area contributed by atoms with E-state index in [0.717, 1.165) is 37.8 Å². The molecule has 10 heteroatoms. The predicted octanol–water partition coefficient (Wildman–Crippen LogP) is 1.60. The Morgan fingerprint density at radius 1 is 1.13 bits per heavy atom. The normalized spacial score (nSPS) is 29.9. The Balaban J connectivity index is 1.60. The van der Waals surface area contributed by atoms with Crippen LogP contribution < -0.4 is 9.46 Å². The van der Waals surface area contributed by atoms with Gasteiger partial charge >= 0.3 is 0 Å². The van der Waals surface area contributed by atoms with Gasteiger partial charge in [0.2, 0.25) is 15.9 Å². The van der Waals surface area contributed by atoms with E-state index in [1.54, 1.807) is 31.1 Å². The summed E-state index contributed by atoms with van der Waals surface area (Å²) >= 11 is 0. The molecule has 172 valence electrons. The molecule has 2 atom stereocenters. The lowest BCUT2D eigenvalue weighted by atomic mass is 9.85. The van der Waals surface area contributed by atoms with Crippen LogP contribution in [0.5, 0.6) is 5.88 Å². The lowest BCUT2D eigenvalue weighted by Crippen LogP contribution is -2.60. The van der Waals surface area contributed by atoms with Crippen molar-refractivity contribution in [3.63, 3.8) is 0 Å². The van der Waals surface area contributed by atoms with E-state index in [4.69, 9.17) is 9.47 Å². The molecule has 0 spiro atoms. The standard InChI is InChI=1S/C21H32N4O5S/c1-14(2)31(27,28)24-17-4-3-11-25-18(17)12-29-16-7-5-15(6-8-16)20-21(23-10-9-22-20)30-13-19(25)26/h9-10,14-18,24H,3-8,11-13H2,1-2H3/t15?,16?,17-,18?/m0/s1. The third kappa shape index (κ3) is 5.01. The number of nitrogens with one attached hydrogen (secondary N) is 1. The number of fused-ring (bicyclic) bond motifs is 5. The van der Waals surface area contributed by atoms with Crippen molar-refractivity contribution in [2.75, 3.05) is 19.8 Å². The number of amides is 1. The molecule has 1 N–H and O–H groups in total. The number of aromatic nitrogens is 2. The second kappa shape index (κ2) is 9.38. The number of carbonyl (C=O) groups excluding carboxylic acids is 1. The van der Waals surface area contributed by atoms with Gasteiger partial charge in [-0.05, 0) is 52.4 Å². The third-order valence-corrected chi connectivity index (χ3v) is 8.50. The van der Waals surface area contributed by atoms with E-state index < -0.39 is 15.3 Å². The zero-order valence-corrected chi connectivity index (χ0v) is 19.0. The Morgan fingerprint density at radius 3 is 2.61 bits per heavy atom. The fourth-order valence-corrected chi connectivity index (χ4v) is 5.70. The van der Waals surface area contributed by atoms with Crippen molar-refractivity contribution in [2.24, 2.45) is 0 Å². The van der Waals surface area contributed by atoms with Crippen LogP contribution in [0.1, 0.15) is 64.0 Å². The highest BCUT2D eigenvalue weighted by atomic mass is 32.2. The Labute approximate surface area is 184 Å². The SMILES string of the molecule is CC(C)S(=O)(=O)N[C@H]1CCCN2C(=O)COc3nccnc3C3CCC(CC3)OCC12. The quantitative estimate of drug-likeness (QED) is 0.741. The van der Waals surface area contributed by atoms with Crippen molar-refractivity contribution in [1.29, 1.82) is 0 Å². The lowest BCUT2D eigenvalue weighted by molar-refractivity contribution is -0.140. The molecule has 0 aromatic carbocycles. The molecule has 3 aliphatic heterocycles. The Morgan fingerprint density at radius 2 is 1.87 bits per heavy atom. The smallest absolute Gasteiger partial charge is 0.260 e. The first-order valence-electron chi connectivity index (χ1n) is 11.2. The van der Waals surface area contributed by atoms with E-state index in [2.05, 4.69) is 14.7 Å². The lowest BCUT2D eigenvalue weighted by Gasteiger charge is -2.42. The summed E-state index contributed by atoms with van der Waals surface area (Å²) in [6.07, 6.45) is 8.36. The van der Waals surface area contributed by atoms with Crippen molar-refractivity contribution in [3.8, 4) is 5.88 Å². The van der Waals surface area contributed by atoms with Gasteiger partial charge in [0.05, 0.1) is 24.0 Å². The molecule has 1 aromatic heterocycles. The number of hydrogen-bond donors (Lipinski definition) is 1. The summed E-state index contributed by atoms with van der Waals surface area (Å²) in [7, 11) is -3.47. The van der Waals surface area contributed by atoms with E-state index in [0.29, 0.717) is 25.5 Å². The zero-order chi connectivity index (χ0) is 22.0. The van der Waals surface area contributed by atoms with Crippen molar-refractivity contribution in [2.45, 2.75) is 81.7 Å². The molecule has 1 aromatic rings. The number of hydrogen-bond acceptors (Lipinski definition) is 7. The largest absolute Gasteiger partial charge is 0.466 e. The average molecular weight is 453 g/mol. The summed E-state index contributed by atoms with van der Waals surface area (Å²) in [4.78, 5) is 23.6. The average Bonchev–Trinajstić information content (AvgIpc) is 2.77. The van der Waals surface area contributed by atoms with Crippen LogP contribution in [0.2, 0.25) is 0 Å². The van der Waals surface area contributed by atoms with Crippen LogP contribution in [0.15, 0.2) is 12.4 Å². The minimum absolute atomic E-state index is 0.0966. The minimum atomic E-state index is -3.47. The zero-order valence-electron chi connectivity index (χ0n) is 18.2. The maximum absolute atomic E-state index is 13.1. The molecular weight excluding hydrogens is 420 g/mol. The van der Waals surface area contributed by atoms with E-state index in [1.165, 1.54) is 0 Å². The highest BCUT2D eigenvalue weighted by molar-refractivity contribution is 7.90. The highest BCUT2D eigenvalue weighted by Gasteiger charge is 2.39. The molecule has 1 saturated carbocycles. The second-order valence-electron chi connectivity index (χ2n) is 8.96. The van der Waals surface area contributed by atoms with Crippen LogP contribution in [-0.2, 0) is 19.6 Å². The number of nitrogens with zero attached hydrogens (tertiary/aromatic N) is 3. The number of ether oxygens (including phenoxy) is 2. The Hall–Kier alpha value is -1.78. The molecule has 2 fully saturated rings. The van der Waals surface area contributed by atoms with Gasteiger partial charge in [0.1, 0.15) is 5.69 Å². The maximum Gasteiger partial charge on any atom is 0.260 e. The molecule has 1 unspecified atom stereocenters. The van der Waals surface area contributed by atoms with E-state index in [9.17, 15) is 13.2 Å². The molecule has 1 aliphatic carbocycles. The van der Waals surface area contributed by atoms with Gasteiger partial charge in [-0.3, -0.25) is 9.78 Å². The molecule has 5 rings (SSSR count). The van der Waals surface area contributed by atoms with Gasteiger partial charge in [-0.25, -0.2) is 18.1 Å². The third-order valence-electron chi connectivity index (χ3n) is 6.62. The first-order chi connectivity index (χ1) is 14.8. The molecule has 9 nitrogen and oxygen atoms in total. The van der Waals surface area contributed by atoms with Gasteiger partial charge in [-0.2, -0.15) is 0 Å². The fourth-order valence-electron chi connectivity index (χ4n) is 4.74. The van der Waals surface area contributed by atoms with Crippen molar-refractivity contribution >= 4 is 15.9 Å². The van der Waals surface area contributed by atoms with E-state index >= 15 is 0 Å². The van der Waals surface area contributed by atoms with Crippen LogP contribution in [0, 0.1) is 0 Å². The first-order valence-corrected chi connectivity index (χ1v) is 12.8. The molecule has 2 bridgehead atoms. The second-order valence-corrected chi connectivity index (χ2v) is 11.2. The molecule has 4 heterocycles. The maximum atomic E-state index is 13.1. The van der Waals surface area contributed by atoms with Crippen LogP contribution in [-0.4, -0.2) is 72.4 Å². The number of piperidine rings is 1. The van der Waals surface area contributed by atoms with E-state index in [-0.39, 0.29) is 36.6 Å². The Bertz CT molecular complexity index is 886. The van der Waals surface area contributed by atoms with Gasteiger partial charge < -0.3 is 14.4 Å². The highest BCUT2D eigenvalue weighted by Crippen LogP contribution is 2.37. The predicted molar refractivity (Wildman–Crippen MR) is 114 cm³/mol. The summed E-state index contributed by atoms with van der Waals surface area (Å²) in [5, 5.41) is -0.539. The summed E-state index contributed by atoms with van der Waals surface area (Å²) < 4.78 is 40.0. The van der Waals surface area contributed by atoms with Gasteiger partial charge in [0.25, 0.3) is 5.91 Å². The Kier molecular flexibility index (Phi) is 6.78. The van der Waals surface area contributed by atoms with Crippen molar-refractivity contribution in [3.05, 3.63) is 18.1 Å². The topological polar surface area (TPSA) is 111 Å². The van der Waals surface area contributed by atoms with Crippen LogP contribution in [0.4, 0.5) is 0 Å². The van der Waals surface area contributed by atoms with Crippen LogP contribution >= 0.6 is 0 Å². The van der Waals surface area contributed by atoms with Gasteiger partial charge in [0, 0.05) is 30.9 Å². The van der Waals surface area contributed by atoms with Gasteiger partial charge in [-0.1, -0.05) is 0 Å². The molecular formula is C21H32N4O5S. The van der Waals surface area contributed by atoms with Crippen LogP contribution in [0.3, 0.4) is 0 Å². The van der Waals surface area contributed by atoms with Gasteiger partial charge in [0.15, 0.2) is 6.61 Å². The van der Waals surface area contributed by atoms with Crippen molar-refractivity contribution in [1.82, 2.24) is 19.6 Å². The molecule has 4 aliphatic rings. The summed E-state index contributed by atoms with van der Waals surface area (Å²) in [6, 6.07) is -0.739. The fraction of sp³-hybridized carbons (Fsp3) is 0.762. The molecule has 1 amide bonds. The van der Waals surface area contributed by atoms with E-state index in [1.807, 2.05) is 0 Å².